The van der Waals surface area contributed by atoms with Gasteiger partial charge in [0.2, 0.25) is 5.88 Å². The highest BCUT2D eigenvalue weighted by atomic mass is 35.5. The van der Waals surface area contributed by atoms with Crippen LogP contribution < -0.4 is 4.74 Å². The molecule has 39 heavy (non-hydrogen) atoms. The molecular formula is C30H36Cl2N4O3. The van der Waals surface area contributed by atoms with Gasteiger partial charge in [-0.1, -0.05) is 69.3 Å². The van der Waals surface area contributed by atoms with Gasteiger partial charge >= 0.3 is 5.97 Å². The van der Waals surface area contributed by atoms with Crippen molar-refractivity contribution in [3.63, 3.8) is 0 Å². The summed E-state index contributed by atoms with van der Waals surface area (Å²) >= 11 is 12.5. The van der Waals surface area contributed by atoms with E-state index in [1.54, 1.807) is 32.0 Å². The number of unbranched alkanes of at least 4 members (excludes halogenated alkanes) is 1. The summed E-state index contributed by atoms with van der Waals surface area (Å²) in [4.78, 5) is 33.7. The minimum absolute atomic E-state index is 0.0216. The molecule has 1 aliphatic carbocycles. The molecular weight excluding hydrogens is 535 g/mol. The summed E-state index contributed by atoms with van der Waals surface area (Å²) in [6, 6.07) is 4.75. The van der Waals surface area contributed by atoms with E-state index in [9.17, 15) is 9.59 Å². The number of hydrogen-bond acceptors (Lipinski definition) is 4. The van der Waals surface area contributed by atoms with Gasteiger partial charge in [-0.05, 0) is 68.9 Å². The summed E-state index contributed by atoms with van der Waals surface area (Å²) < 4.78 is 7.33. The van der Waals surface area contributed by atoms with Crippen LogP contribution in [0.25, 0.3) is 10.5 Å². The summed E-state index contributed by atoms with van der Waals surface area (Å²) in [6.07, 6.45) is 7.49. The highest BCUT2D eigenvalue weighted by molar-refractivity contribution is 6.39. The number of esters is 1. The summed E-state index contributed by atoms with van der Waals surface area (Å²) in [5, 5.41) is 3.42. The number of carbonyl (C=O) groups excluding carboxylic acids is 2. The highest BCUT2D eigenvalue weighted by Crippen LogP contribution is 2.46. The molecule has 1 aliphatic rings. The molecule has 2 atom stereocenters. The quantitative estimate of drug-likeness (QED) is 0.159. The van der Waals surface area contributed by atoms with Gasteiger partial charge in [-0.25, -0.2) is 19.1 Å². The van der Waals surface area contributed by atoms with E-state index in [0.29, 0.717) is 35.6 Å². The van der Waals surface area contributed by atoms with Crippen LogP contribution >= 0.6 is 23.2 Å². The number of halogens is 2. The highest BCUT2D eigenvalue weighted by Gasteiger charge is 2.37. The zero-order valence-electron chi connectivity index (χ0n) is 23.2. The Kier molecular flexibility index (Phi) is 8.78. The molecule has 0 spiro atoms. The zero-order valence-corrected chi connectivity index (χ0v) is 24.7. The first kappa shape index (κ1) is 29.2. The summed E-state index contributed by atoms with van der Waals surface area (Å²) in [5.74, 6) is 1.68. The lowest BCUT2D eigenvalue weighted by atomic mass is 9.66. The Bertz CT molecular complexity index is 1390. The van der Waals surface area contributed by atoms with Crippen LogP contribution in [0.5, 0.6) is 5.88 Å². The molecule has 0 radical (unpaired) electrons. The molecule has 2 heterocycles. The average Bonchev–Trinajstić information content (AvgIpc) is 3.43. The minimum Gasteiger partial charge on any atom is -0.414 e. The molecule has 7 nitrogen and oxygen atoms in total. The third-order valence-electron chi connectivity index (χ3n) is 8.26. The van der Waals surface area contributed by atoms with E-state index in [1.807, 2.05) is 0 Å². The van der Waals surface area contributed by atoms with Gasteiger partial charge in [0.15, 0.2) is 0 Å². The van der Waals surface area contributed by atoms with Gasteiger partial charge in [-0.3, -0.25) is 5.10 Å². The molecule has 2 unspecified atom stereocenters. The van der Waals surface area contributed by atoms with Crippen LogP contribution in [0.1, 0.15) is 88.5 Å². The van der Waals surface area contributed by atoms with Gasteiger partial charge in [0.1, 0.15) is 17.8 Å². The predicted molar refractivity (Wildman–Crippen MR) is 154 cm³/mol. The average molecular weight is 572 g/mol. The Labute approximate surface area is 240 Å². The SMILES string of the molecule is [C-]#[N+]c1c(CC2C(C)CC(CCCC)CC2C)c2nc(C(C)(C)C=O)[nH]n2c1OC(=O)c1c(Cl)cccc1Cl. The standard InChI is InChI=1S/C30H36Cl2N4O3/c1-7-8-10-19-13-17(2)20(18(3)14-19)15-21-25(33-6)27(36-26(21)34-29(35-36)30(4,5)16-37)39-28(38)24-22(31)11-9-12-23(24)32/h9,11-12,16-20H,7-8,10,13-15H2,1-5H3,(H,34,35). The van der Waals surface area contributed by atoms with Crippen molar-refractivity contribution in [1.82, 2.24) is 14.6 Å². The van der Waals surface area contributed by atoms with Gasteiger partial charge in [0.25, 0.3) is 5.69 Å². The largest absolute Gasteiger partial charge is 0.414 e. The number of carbonyl (C=O) groups is 2. The Morgan fingerprint density at radius 1 is 1.26 bits per heavy atom. The van der Waals surface area contributed by atoms with E-state index < -0.39 is 11.4 Å². The van der Waals surface area contributed by atoms with E-state index in [1.165, 1.54) is 23.8 Å². The molecule has 9 heteroatoms. The Balaban J connectivity index is 1.78. The van der Waals surface area contributed by atoms with Gasteiger partial charge in [0, 0.05) is 5.56 Å². The number of rotatable bonds is 9. The van der Waals surface area contributed by atoms with Crippen LogP contribution in [0.2, 0.25) is 10.0 Å². The number of ether oxygens (including phenoxy) is 1. The molecule has 1 N–H and O–H groups in total. The molecule has 0 bridgehead atoms. The molecule has 0 saturated heterocycles. The number of fused-ring (bicyclic) bond motifs is 1. The lowest BCUT2D eigenvalue weighted by Crippen LogP contribution is -2.31. The van der Waals surface area contributed by atoms with Gasteiger partial charge in [-0.2, -0.15) is 0 Å². The maximum absolute atomic E-state index is 13.3. The smallest absolute Gasteiger partial charge is 0.346 e. The fourth-order valence-electron chi connectivity index (χ4n) is 6.03. The lowest BCUT2D eigenvalue weighted by molar-refractivity contribution is -0.111. The van der Waals surface area contributed by atoms with Crippen LogP contribution in [-0.2, 0) is 16.6 Å². The van der Waals surface area contributed by atoms with Gasteiger partial charge in [-0.15, -0.1) is 0 Å². The number of aromatic nitrogens is 3. The Hall–Kier alpha value is -2.82. The van der Waals surface area contributed by atoms with Gasteiger partial charge in [0.05, 0.1) is 27.6 Å². The van der Waals surface area contributed by atoms with E-state index >= 15 is 0 Å². The number of H-pyrrole nitrogens is 1. The van der Waals surface area contributed by atoms with Crippen LogP contribution in [0, 0.1) is 30.2 Å². The second kappa shape index (κ2) is 11.7. The van der Waals surface area contributed by atoms with Crippen molar-refractivity contribution in [2.24, 2.45) is 23.7 Å². The van der Waals surface area contributed by atoms with Crippen molar-refractivity contribution in [3.05, 3.63) is 56.6 Å². The molecule has 208 valence electrons. The molecule has 0 aliphatic heterocycles. The molecule has 1 saturated carbocycles. The second-order valence-corrected chi connectivity index (χ2v) is 12.4. The van der Waals surface area contributed by atoms with Crippen LogP contribution in [-0.4, -0.2) is 26.9 Å². The predicted octanol–water partition coefficient (Wildman–Crippen LogP) is 8.25. The molecule has 1 fully saturated rings. The first-order chi connectivity index (χ1) is 18.5. The van der Waals surface area contributed by atoms with Crippen molar-refractivity contribution >= 4 is 46.8 Å². The first-order valence-corrected chi connectivity index (χ1v) is 14.4. The van der Waals surface area contributed by atoms with Crippen LogP contribution in [0.3, 0.4) is 0 Å². The van der Waals surface area contributed by atoms with Crippen molar-refractivity contribution in [2.75, 3.05) is 0 Å². The number of aldehydes is 1. The fraction of sp³-hybridized carbons (Fsp3) is 0.533. The third kappa shape index (κ3) is 5.73. The lowest BCUT2D eigenvalue weighted by Gasteiger charge is -2.39. The molecule has 3 aromatic rings. The zero-order chi connectivity index (χ0) is 28.5. The molecule has 4 rings (SSSR count). The summed E-state index contributed by atoms with van der Waals surface area (Å²) in [5.41, 5.74) is 0.561. The molecule has 2 aromatic heterocycles. The van der Waals surface area contributed by atoms with E-state index in [0.717, 1.165) is 30.6 Å². The van der Waals surface area contributed by atoms with Crippen LogP contribution in [0.4, 0.5) is 5.69 Å². The Morgan fingerprint density at radius 2 is 1.90 bits per heavy atom. The number of aromatic amines is 1. The number of nitrogens with zero attached hydrogens (tertiary/aromatic N) is 3. The maximum Gasteiger partial charge on any atom is 0.346 e. The Morgan fingerprint density at radius 3 is 2.46 bits per heavy atom. The monoisotopic (exact) mass is 570 g/mol. The van der Waals surface area contributed by atoms with Crippen molar-refractivity contribution in [2.45, 2.75) is 78.6 Å². The van der Waals surface area contributed by atoms with Gasteiger partial charge < -0.3 is 9.53 Å². The third-order valence-corrected chi connectivity index (χ3v) is 8.89. The molecule has 1 aromatic carbocycles. The minimum atomic E-state index is -0.903. The molecule has 0 amide bonds. The van der Waals surface area contributed by atoms with Crippen molar-refractivity contribution in [3.8, 4) is 5.88 Å². The van der Waals surface area contributed by atoms with E-state index in [2.05, 4.69) is 30.7 Å². The maximum atomic E-state index is 13.3. The summed E-state index contributed by atoms with van der Waals surface area (Å²) in [7, 11) is 0. The topological polar surface area (TPSA) is 80.8 Å². The number of hydrogen-bond donors (Lipinski definition) is 1. The van der Waals surface area contributed by atoms with E-state index in [4.69, 9.17) is 39.5 Å². The van der Waals surface area contributed by atoms with Crippen molar-refractivity contribution in [1.29, 1.82) is 0 Å². The normalized spacial score (nSPS) is 21.6. The van der Waals surface area contributed by atoms with E-state index in [-0.39, 0.29) is 27.2 Å². The fourth-order valence-corrected chi connectivity index (χ4v) is 6.58. The first-order valence-electron chi connectivity index (χ1n) is 13.7. The second-order valence-electron chi connectivity index (χ2n) is 11.6. The summed E-state index contributed by atoms with van der Waals surface area (Å²) in [6.45, 7) is 18.4. The number of nitrogens with one attached hydrogen (secondary N) is 1. The van der Waals surface area contributed by atoms with Crippen LogP contribution in [0.15, 0.2) is 18.2 Å². The number of benzene rings is 1. The van der Waals surface area contributed by atoms with Crippen molar-refractivity contribution < 1.29 is 14.3 Å².